The maximum atomic E-state index is 13.8. The Labute approximate surface area is 208 Å². The first-order valence-electron chi connectivity index (χ1n) is 10.6. The number of non-ortho nitro benzene ring substituents is 1. The molecule has 0 radical (unpaired) electrons. The molecule has 2 N–H and O–H groups in total. The van der Waals surface area contributed by atoms with Gasteiger partial charge >= 0.3 is 0 Å². The fraction of sp³-hybridized carbons (Fsp3) is 0.120. The molecule has 1 atom stereocenters. The monoisotopic (exact) mass is 512 g/mol. The number of ketones is 1. The predicted molar refractivity (Wildman–Crippen MR) is 129 cm³/mol. The van der Waals surface area contributed by atoms with Crippen LogP contribution in [0.4, 0.5) is 15.8 Å². The number of halogens is 2. The second-order valence-corrected chi connectivity index (χ2v) is 8.14. The van der Waals surface area contributed by atoms with E-state index in [1.54, 1.807) is 6.92 Å². The van der Waals surface area contributed by atoms with E-state index >= 15 is 0 Å². The second-order valence-electron chi connectivity index (χ2n) is 7.74. The molecule has 1 fully saturated rings. The zero-order valence-electron chi connectivity index (χ0n) is 18.6. The maximum absolute atomic E-state index is 13.8. The van der Waals surface area contributed by atoms with Crippen LogP contribution in [0.15, 0.2) is 66.2 Å². The maximum Gasteiger partial charge on any atom is 0.300 e. The van der Waals surface area contributed by atoms with E-state index in [1.165, 1.54) is 42.5 Å². The molecule has 1 aliphatic rings. The molecule has 0 aromatic heterocycles. The van der Waals surface area contributed by atoms with Gasteiger partial charge in [-0.2, -0.15) is 0 Å². The molecule has 1 saturated heterocycles. The number of rotatable bonds is 6. The zero-order valence-corrected chi connectivity index (χ0v) is 19.4. The summed E-state index contributed by atoms with van der Waals surface area (Å²) in [6, 6.07) is 11.2. The molecule has 0 aliphatic carbocycles. The number of benzene rings is 3. The molecule has 3 aromatic carbocycles. The van der Waals surface area contributed by atoms with Crippen molar-refractivity contribution in [2.24, 2.45) is 0 Å². The van der Waals surface area contributed by atoms with Crippen molar-refractivity contribution in [1.29, 1.82) is 0 Å². The van der Waals surface area contributed by atoms with Crippen LogP contribution >= 0.6 is 11.6 Å². The molecule has 36 heavy (non-hydrogen) atoms. The third-order valence-corrected chi connectivity index (χ3v) is 5.85. The van der Waals surface area contributed by atoms with E-state index in [0.717, 1.165) is 23.1 Å². The molecule has 1 unspecified atom stereocenters. The number of anilines is 1. The van der Waals surface area contributed by atoms with E-state index in [1.807, 2.05) is 0 Å². The van der Waals surface area contributed by atoms with Gasteiger partial charge in [-0.1, -0.05) is 29.8 Å². The summed E-state index contributed by atoms with van der Waals surface area (Å²) in [6.45, 7) is 1.90. The first-order valence-corrected chi connectivity index (χ1v) is 11.0. The number of aliphatic hydroxyl groups is 1. The Morgan fingerprint density at radius 1 is 1.17 bits per heavy atom. The number of carbonyl (C=O) groups is 2. The van der Waals surface area contributed by atoms with Crippen LogP contribution in [-0.2, 0) is 9.59 Å². The summed E-state index contributed by atoms with van der Waals surface area (Å²) >= 11 is 5.92. The Morgan fingerprint density at radius 2 is 1.92 bits per heavy atom. The molecule has 0 bridgehead atoms. The van der Waals surface area contributed by atoms with Gasteiger partial charge in [-0.25, -0.2) is 4.39 Å². The van der Waals surface area contributed by atoms with E-state index < -0.39 is 34.2 Å². The summed E-state index contributed by atoms with van der Waals surface area (Å²) in [4.78, 5) is 38.0. The molecule has 1 amide bonds. The van der Waals surface area contributed by atoms with E-state index in [9.17, 15) is 34.3 Å². The average Bonchev–Trinajstić information content (AvgIpc) is 3.12. The number of nitro benzene ring substituents is 1. The topological polar surface area (TPSA) is 130 Å². The van der Waals surface area contributed by atoms with Crippen LogP contribution < -0.4 is 9.64 Å². The normalized spacial score (nSPS) is 16.9. The Hall–Kier alpha value is -4.44. The van der Waals surface area contributed by atoms with E-state index in [2.05, 4.69) is 0 Å². The molecule has 4 rings (SSSR count). The highest BCUT2D eigenvalue weighted by molar-refractivity contribution is 6.51. The SMILES string of the molecule is CCOc1cc(C2/C(=C(\O)c3cccc([N+](=O)[O-])c3)C(=O)C(=O)N2c2ccc(F)c(Cl)c2)ccc1O. The lowest BCUT2D eigenvalue weighted by atomic mass is 9.94. The van der Waals surface area contributed by atoms with Crippen molar-refractivity contribution >= 4 is 40.4 Å². The number of Topliss-reactive ketones (excluding diaryl/α,β-unsaturated/α-hetero) is 1. The van der Waals surface area contributed by atoms with Gasteiger partial charge < -0.3 is 14.9 Å². The number of ether oxygens (including phenoxy) is 1. The summed E-state index contributed by atoms with van der Waals surface area (Å²) < 4.78 is 19.3. The lowest BCUT2D eigenvalue weighted by Gasteiger charge is -2.26. The lowest BCUT2D eigenvalue weighted by Crippen LogP contribution is -2.29. The number of hydrogen-bond donors (Lipinski definition) is 2. The fourth-order valence-electron chi connectivity index (χ4n) is 3.94. The summed E-state index contributed by atoms with van der Waals surface area (Å²) in [5.41, 5.74) is -0.429. The standard InChI is InChI=1S/C25H18ClFN2O7/c1-2-36-20-11-13(6-9-19(20)30)22-21(23(31)14-4-3-5-16(10-14)29(34)35)24(32)25(33)28(22)15-7-8-18(27)17(26)12-15/h3-12,22,30-31H,2H2,1H3/b23-21+. The van der Waals surface area contributed by atoms with Gasteiger partial charge in [0, 0.05) is 23.4 Å². The molecule has 1 heterocycles. The highest BCUT2D eigenvalue weighted by Gasteiger charge is 2.47. The van der Waals surface area contributed by atoms with Crippen LogP contribution in [0.1, 0.15) is 24.1 Å². The summed E-state index contributed by atoms with van der Waals surface area (Å²) in [5.74, 6) is -3.64. The number of aromatic hydroxyl groups is 1. The van der Waals surface area contributed by atoms with Gasteiger partial charge in [0.1, 0.15) is 11.6 Å². The Morgan fingerprint density at radius 3 is 2.58 bits per heavy atom. The number of aliphatic hydroxyl groups excluding tert-OH is 1. The largest absolute Gasteiger partial charge is 0.507 e. The smallest absolute Gasteiger partial charge is 0.300 e. The molecular weight excluding hydrogens is 495 g/mol. The third-order valence-electron chi connectivity index (χ3n) is 5.56. The zero-order chi connectivity index (χ0) is 26.1. The van der Waals surface area contributed by atoms with Gasteiger partial charge in [0.15, 0.2) is 11.5 Å². The van der Waals surface area contributed by atoms with Gasteiger partial charge in [0.2, 0.25) is 0 Å². The first kappa shape index (κ1) is 24.7. The quantitative estimate of drug-likeness (QED) is 0.154. The van der Waals surface area contributed by atoms with Crippen molar-refractivity contribution < 1.29 is 33.9 Å². The van der Waals surface area contributed by atoms with Crippen molar-refractivity contribution in [2.45, 2.75) is 13.0 Å². The molecule has 184 valence electrons. The molecule has 11 heteroatoms. The van der Waals surface area contributed by atoms with Crippen molar-refractivity contribution in [3.63, 3.8) is 0 Å². The minimum absolute atomic E-state index is 0.0619. The summed E-state index contributed by atoms with van der Waals surface area (Å²) in [7, 11) is 0. The molecular formula is C25H18ClFN2O7. The average molecular weight is 513 g/mol. The van der Waals surface area contributed by atoms with Crippen molar-refractivity contribution in [1.82, 2.24) is 0 Å². The van der Waals surface area contributed by atoms with E-state index in [-0.39, 0.29) is 51.2 Å². The van der Waals surface area contributed by atoms with Crippen LogP contribution in [0.25, 0.3) is 5.76 Å². The second kappa shape index (κ2) is 9.67. The van der Waals surface area contributed by atoms with Crippen LogP contribution in [0.2, 0.25) is 5.02 Å². The molecule has 9 nitrogen and oxygen atoms in total. The third kappa shape index (κ3) is 4.34. The molecule has 1 aliphatic heterocycles. The minimum Gasteiger partial charge on any atom is -0.507 e. The van der Waals surface area contributed by atoms with Gasteiger partial charge in [0.25, 0.3) is 17.4 Å². The summed E-state index contributed by atoms with van der Waals surface area (Å²) in [6.07, 6.45) is 0. The number of hydrogen-bond acceptors (Lipinski definition) is 7. The van der Waals surface area contributed by atoms with Crippen LogP contribution in [0.3, 0.4) is 0 Å². The Kier molecular flexibility index (Phi) is 6.63. The van der Waals surface area contributed by atoms with Gasteiger partial charge in [0.05, 0.1) is 28.2 Å². The minimum atomic E-state index is -1.26. The number of nitrogens with zero attached hydrogens (tertiary/aromatic N) is 2. The first-order chi connectivity index (χ1) is 17.1. The van der Waals surface area contributed by atoms with Crippen molar-refractivity contribution in [3.05, 3.63) is 98.3 Å². The Bertz CT molecular complexity index is 1440. The highest BCUT2D eigenvalue weighted by atomic mass is 35.5. The molecule has 0 saturated carbocycles. The number of phenols is 1. The van der Waals surface area contributed by atoms with E-state index in [4.69, 9.17) is 16.3 Å². The number of phenolic OH excluding ortho intramolecular Hbond substituents is 1. The fourth-order valence-corrected chi connectivity index (χ4v) is 4.12. The van der Waals surface area contributed by atoms with Crippen LogP contribution in [-0.4, -0.2) is 33.4 Å². The summed E-state index contributed by atoms with van der Waals surface area (Å²) in [5, 5.41) is 32.2. The van der Waals surface area contributed by atoms with Crippen molar-refractivity contribution in [3.8, 4) is 11.5 Å². The predicted octanol–water partition coefficient (Wildman–Crippen LogP) is 5.12. The number of carbonyl (C=O) groups excluding carboxylic acids is 2. The van der Waals surface area contributed by atoms with Crippen molar-refractivity contribution in [2.75, 3.05) is 11.5 Å². The van der Waals surface area contributed by atoms with Gasteiger partial charge in [-0.3, -0.25) is 24.6 Å². The lowest BCUT2D eigenvalue weighted by molar-refractivity contribution is -0.384. The van der Waals surface area contributed by atoms with Crippen LogP contribution in [0, 0.1) is 15.9 Å². The molecule has 3 aromatic rings. The van der Waals surface area contributed by atoms with Gasteiger partial charge in [-0.15, -0.1) is 0 Å². The highest BCUT2D eigenvalue weighted by Crippen LogP contribution is 2.44. The van der Waals surface area contributed by atoms with Gasteiger partial charge in [-0.05, 0) is 42.8 Å². The number of amides is 1. The van der Waals surface area contributed by atoms with Crippen LogP contribution in [0.5, 0.6) is 11.5 Å². The molecule has 0 spiro atoms. The van der Waals surface area contributed by atoms with E-state index in [0.29, 0.717) is 0 Å². The number of nitro groups is 1. The Balaban J connectivity index is 1.98.